The third-order valence-electron chi connectivity index (χ3n) is 6.61. The van der Waals surface area contributed by atoms with Gasteiger partial charge in [-0.15, -0.1) is 0 Å². The highest BCUT2D eigenvalue weighted by Gasteiger charge is 2.36. The molecule has 0 fully saturated rings. The van der Waals surface area contributed by atoms with E-state index in [1.807, 2.05) is 0 Å². The lowest BCUT2D eigenvalue weighted by Gasteiger charge is -2.26. The molecule has 164 valence electrons. The SMILES string of the molecule is O=C1NC(=O)c2ccc3c4c(Cl)c(Cl)c5c6c(c(Cl)c(Cl)c(c7ccc1c2c73)c64)C(=O)NC5=O. The van der Waals surface area contributed by atoms with Gasteiger partial charge in [-0.3, -0.25) is 29.8 Å². The molecule has 10 heteroatoms. The van der Waals surface area contributed by atoms with Crippen molar-refractivity contribution >= 4 is 113 Å². The Morgan fingerprint density at radius 2 is 0.882 bits per heavy atom. The average molecular weight is 528 g/mol. The molecule has 0 spiro atoms. The molecule has 0 bridgehead atoms. The molecule has 5 aromatic carbocycles. The summed E-state index contributed by atoms with van der Waals surface area (Å²) in [5, 5.41) is 8.46. The van der Waals surface area contributed by atoms with Crippen molar-refractivity contribution in [1.82, 2.24) is 10.6 Å². The van der Waals surface area contributed by atoms with E-state index >= 15 is 0 Å². The van der Waals surface area contributed by atoms with E-state index in [2.05, 4.69) is 10.6 Å². The monoisotopic (exact) mass is 526 g/mol. The first-order valence-corrected chi connectivity index (χ1v) is 11.4. The summed E-state index contributed by atoms with van der Waals surface area (Å²) in [6.45, 7) is 0. The molecule has 34 heavy (non-hydrogen) atoms. The van der Waals surface area contributed by atoms with Crippen molar-refractivity contribution in [2.24, 2.45) is 0 Å². The number of amides is 4. The van der Waals surface area contributed by atoms with Gasteiger partial charge in [-0.2, -0.15) is 0 Å². The van der Waals surface area contributed by atoms with Crippen molar-refractivity contribution in [2.45, 2.75) is 0 Å². The molecule has 0 atom stereocenters. The molecular weight excluding hydrogens is 522 g/mol. The predicted molar refractivity (Wildman–Crippen MR) is 131 cm³/mol. The molecule has 0 saturated carbocycles. The van der Waals surface area contributed by atoms with E-state index in [1.54, 1.807) is 24.3 Å². The lowest BCUT2D eigenvalue weighted by atomic mass is 9.82. The molecule has 2 N–H and O–H groups in total. The van der Waals surface area contributed by atoms with E-state index in [0.717, 1.165) is 0 Å². The van der Waals surface area contributed by atoms with Crippen molar-refractivity contribution < 1.29 is 19.2 Å². The van der Waals surface area contributed by atoms with E-state index in [4.69, 9.17) is 46.4 Å². The van der Waals surface area contributed by atoms with Gasteiger partial charge in [0, 0.05) is 38.1 Å². The van der Waals surface area contributed by atoms with Gasteiger partial charge >= 0.3 is 0 Å². The second-order valence-electron chi connectivity index (χ2n) is 8.14. The van der Waals surface area contributed by atoms with E-state index < -0.39 is 23.6 Å². The third kappa shape index (κ3) is 2.11. The molecule has 2 aliphatic rings. The molecule has 6 nitrogen and oxygen atoms in total. The fraction of sp³-hybridized carbons (Fsp3) is 0. The Kier molecular flexibility index (Phi) is 3.74. The van der Waals surface area contributed by atoms with Crippen LogP contribution in [0.25, 0.3) is 43.1 Å². The van der Waals surface area contributed by atoms with Gasteiger partial charge in [-0.25, -0.2) is 0 Å². The second-order valence-corrected chi connectivity index (χ2v) is 9.66. The average Bonchev–Trinajstić information content (AvgIpc) is 2.80. The second kappa shape index (κ2) is 6.29. The number of fused-ring (bicyclic) bond motifs is 2. The van der Waals surface area contributed by atoms with Crippen LogP contribution in [0.2, 0.25) is 20.1 Å². The molecule has 4 amide bonds. The quantitative estimate of drug-likeness (QED) is 0.144. The highest BCUT2D eigenvalue weighted by Crippen LogP contribution is 2.53. The number of benzene rings is 5. The number of hydrogen-bond acceptors (Lipinski definition) is 4. The Morgan fingerprint density at radius 3 is 1.35 bits per heavy atom. The maximum Gasteiger partial charge on any atom is 0.260 e. The fourth-order valence-corrected chi connectivity index (χ4v) is 6.45. The maximum atomic E-state index is 12.8. The first-order valence-electron chi connectivity index (χ1n) is 9.89. The van der Waals surface area contributed by atoms with Gasteiger partial charge in [0.1, 0.15) is 0 Å². The summed E-state index contributed by atoms with van der Waals surface area (Å²) in [5.74, 6) is -2.43. The third-order valence-corrected chi connectivity index (χ3v) is 8.32. The van der Waals surface area contributed by atoms with Crippen LogP contribution in [-0.2, 0) is 0 Å². The zero-order valence-corrected chi connectivity index (χ0v) is 19.5. The van der Waals surface area contributed by atoms with Crippen LogP contribution in [0.5, 0.6) is 0 Å². The van der Waals surface area contributed by atoms with Gasteiger partial charge in [0.25, 0.3) is 23.6 Å². The zero-order valence-electron chi connectivity index (χ0n) is 16.5. The van der Waals surface area contributed by atoms with Gasteiger partial charge in [0.05, 0.1) is 31.2 Å². The molecular formula is C24H6Cl4N2O4. The largest absolute Gasteiger partial charge is 0.288 e. The summed E-state index contributed by atoms with van der Waals surface area (Å²) in [7, 11) is 0. The first kappa shape index (κ1) is 20.2. The molecule has 0 radical (unpaired) electrons. The summed E-state index contributed by atoms with van der Waals surface area (Å²) in [6, 6.07) is 6.61. The van der Waals surface area contributed by atoms with E-state index in [-0.39, 0.29) is 36.6 Å². The minimum Gasteiger partial charge on any atom is -0.288 e. The summed E-state index contributed by atoms with van der Waals surface area (Å²) in [4.78, 5) is 50.8. The summed E-state index contributed by atoms with van der Waals surface area (Å²) in [5.41, 5.74) is 0.707. The molecule has 0 unspecified atom stereocenters. The summed E-state index contributed by atoms with van der Waals surface area (Å²) >= 11 is 26.7. The van der Waals surface area contributed by atoms with E-state index in [9.17, 15) is 19.2 Å². The topological polar surface area (TPSA) is 92.3 Å². The number of carbonyl (C=O) groups is 4. The molecule has 0 aliphatic carbocycles. The summed E-state index contributed by atoms with van der Waals surface area (Å²) < 4.78 is 0. The van der Waals surface area contributed by atoms with Gasteiger partial charge < -0.3 is 0 Å². The van der Waals surface area contributed by atoms with Crippen molar-refractivity contribution in [2.75, 3.05) is 0 Å². The molecule has 2 heterocycles. The van der Waals surface area contributed by atoms with Crippen LogP contribution < -0.4 is 10.6 Å². The van der Waals surface area contributed by atoms with Crippen LogP contribution >= 0.6 is 46.4 Å². The standard InChI is InChI=1S/C24H6Cl4N2O4/c25-17-11-5-1-3-7-10-8(22(32)29-21(7)31)4-2-6(9(5)10)12-13(11)14-15(19(17)27)23(33)30-24(34)16(14)20(28)18(12)26/h1-4H,(H,29,31,32)(H,30,33,34). The highest BCUT2D eigenvalue weighted by molar-refractivity contribution is 6.58. The van der Waals surface area contributed by atoms with Crippen molar-refractivity contribution in [1.29, 1.82) is 0 Å². The molecule has 7 rings (SSSR count). The fourth-order valence-electron chi connectivity index (χ4n) is 5.32. The number of rotatable bonds is 0. The predicted octanol–water partition coefficient (Wildman–Crippen LogP) is 6.12. The number of carbonyl (C=O) groups excluding carboxylic acids is 4. The van der Waals surface area contributed by atoms with Crippen LogP contribution in [0.15, 0.2) is 24.3 Å². The van der Waals surface area contributed by atoms with Crippen LogP contribution in [0.1, 0.15) is 41.4 Å². The Balaban J connectivity index is 1.92. The van der Waals surface area contributed by atoms with Crippen molar-refractivity contribution in [3.8, 4) is 0 Å². The Labute approximate surface area is 209 Å². The van der Waals surface area contributed by atoms with Gasteiger partial charge in [0.15, 0.2) is 0 Å². The minimum absolute atomic E-state index is 0.0310. The lowest BCUT2D eigenvalue weighted by Crippen LogP contribution is -2.35. The molecule has 0 aromatic heterocycles. The Morgan fingerprint density at radius 1 is 0.441 bits per heavy atom. The summed E-state index contributed by atoms with van der Waals surface area (Å²) in [6.07, 6.45) is 0. The normalized spacial score (nSPS) is 15.2. The van der Waals surface area contributed by atoms with Gasteiger partial charge in [-0.05, 0) is 28.3 Å². The first-order chi connectivity index (χ1) is 16.2. The number of hydrogen-bond donors (Lipinski definition) is 2. The van der Waals surface area contributed by atoms with E-state index in [1.165, 1.54) is 0 Å². The van der Waals surface area contributed by atoms with Crippen LogP contribution in [-0.4, -0.2) is 23.6 Å². The van der Waals surface area contributed by atoms with Gasteiger partial charge in [0.2, 0.25) is 0 Å². The minimum atomic E-state index is -0.696. The Bertz CT molecular complexity index is 1800. The maximum absolute atomic E-state index is 12.8. The molecule has 2 aliphatic heterocycles. The smallest absolute Gasteiger partial charge is 0.260 e. The van der Waals surface area contributed by atoms with Crippen molar-refractivity contribution in [3.05, 3.63) is 66.6 Å². The van der Waals surface area contributed by atoms with Crippen LogP contribution in [0, 0.1) is 0 Å². The number of imide groups is 2. The van der Waals surface area contributed by atoms with Crippen LogP contribution in [0.4, 0.5) is 0 Å². The molecule has 0 saturated heterocycles. The lowest BCUT2D eigenvalue weighted by molar-refractivity contribution is 0.0828. The number of halogens is 4. The van der Waals surface area contributed by atoms with Crippen LogP contribution in [0.3, 0.4) is 0 Å². The highest BCUT2D eigenvalue weighted by atomic mass is 35.5. The zero-order chi connectivity index (χ0) is 23.8. The van der Waals surface area contributed by atoms with Gasteiger partial charge in [-0.1, -0.05) is 58.5 Å². The van der Waals surface area contributed by atoms with Crippen molar-refractivity contribution in [3.63, 3.8) is 0 Å². The number of nitrogens with one attached hydrogen (secondary N) is 2. The Hall–Kier alpha value is -3.16. The molecule has 5 aromatic rings. The van der Waals surface area contributed by atoms with E-state index in [0.29, 0.717) is 48.8 Å².